The van der Waals surface area contributed by atoms with Crippen molar-refractivity contribution in [1.29, 1.82) is 0 Å². The van der Waals surface area contributed by atoms with E-state index in [0.717, 1.165) is 50.1 Å². The number of carbonyl (C=O) groups is 1. The van der Waals surface area contributed by atoms with Gasteiger partial charge in [-0.15, -0.1) is 0 Å². The SMILES string of the molecule is O=C(Cn1c(=O)n(C2CC2)c(=O)c2nscc21)NC1CCCCC1. The standard InChI is InChI=1S/C16H20N4O3S/c21-13(17-10-4-2-1-3-5-10)8-19-12-9-24-18-14(12)15(22)20(16(19)23)11-6-7-11/h9-11H,1-8H2,(H,17,21). The Morgan fingerprint density at radius 2 is 1.96 bits per heavy atom. The van der Waals surface area contributed by atoms with Gasteiger partial charge in [0, 0.05) is 17.5 Å². The highest BCUT2D eigenvalue weighted by Gasteiger charge is 2.30. The average molecular weight is 348 g/mol. The summed E-state index contributed by atoms with van der Waals surface area (Å²) in [6.45, 7) is -0.0583. The van der Waals surface area contributed by atoms with Crippen LogP contribution in [0.1, 0.15) is 51.0 Å². The number of hydrogen-bond acceptors (Lipinski definition) is 5. The number of aromatic nitrogens is 3. The fourth-order valence-electron chi connectivity index (χ4n) is 3.48. The van der Waals surface area contributed by atoms with Crippen molar-refractivity contribution in [1.82, 2.24) is 18.8 Å². The van der Waals surface area contributed by atoms with E-state index >= 15 is 0 Å². The first-order valence-electron chi connectivity index (χ1n) is 8.54. The van der Waals surface area contributed by atoms with E-state index in [1.54, 1.807) is 5.38 Å². The van der Waals surface area contributed by atoms with Gasteiger partial charge in [-0.1, -0.05) is 19.3 Å². The van der Waals surface area contributed by atoms with Crippen LogP contribution in [0.4, 0.5) is 0 Å². The van der Waals surface area contributed by atoms with Crippen molar-refractivity contribution in [3.63, 3.8) is 0 Å². The van der Waals surface area contributed by atoms with Gasteiger partial charge < -0.3 is 5.32 Å². The van der Waals surface area contributed by atoms with E-state index in [-0.39, 0.29) is 35.6 Å². The second-order valence-electron chi connectivity index (χ2n) is 6.73. The molecule has 2 aliphatic carbocycles. The summed E-state index contributed by atoms with van der Waals surface area (Å²) in [4.78, 5) is 37.6. The first kappa shape index (κ1) is 15.6. The third kappa shape index (κ3) is 2.79. The van der Waals surface area contributed by atoms with Crippen LogP contribution in [-0.4, -0.2) is 25.5 Å². The largest absolute Gasteiger partial charge is 0.352 e. The third-order valence-electron chi connectivity index (χ3n) is 4.88. The van der Waals surface area contributed by atoms with Crippen LogP contribution in [-0.2, 0) is 11.3 Å². The smallest absolute Gasteiger partial charge is 0.332 e. The van der Waals surface area contributed by atoms with Gasteiger partial charge in [0.05, 0.1) is 5.52 Å². The van der Waals surface area contributed by atoms with Crippen molar-refractivity contribution in [2.45, 2.75) is 63.6 Å². The minimum atomic E-state index is -0.394. The lowest BCUT2D eigenvalue weighted by Gasteiger charge is -2.23. The summed E-state index contributed by atoms with van der Waals surface area (Å²) in [5.74, 6) is -0.169. The lowest BCUT2D eigenvalue weighted by atomic mass is 9.95. The Kier molecular flexibility index (Phi) is 3.99. The van der Waals surface area contributed by atoms with Crippen LogP contribution in [0.2, 0.25) is 0 Å². The Balaban J connectivity index is 1.66. The first-order valence-corrected chi connectivity index (χ1v) is 9.37. The molecule has 0 spiro atoms. The molecule has 0 radical (unpaired) electrons. The van der Waals surface area contributed by atoms with E-state index < -0.39 is 5.69 Å². The second-order valence-corrected chi connectivity index (χ2v) is 7.35. The Labute approximate surface area is 142 Å². The molecule has 2 saturated carbocycles. The lowest BCUT2D eigenvalue weighted by molar-refractivity contribution is -0.122. The highest BCUT2D eigenvalue weighted by atomic mass is 32.1. The summed E-state index contributed by atoms with van der Waals surface area (Å²) in [6.07, 6.45) is 7.15. The highest BCUT2D eigenvalue weighted by Crippen LogP contribution is 2.32. The molecule has 0 aliphatic heterocycles. The van der Waals surface area contributed by atoms with Crippen LogP contribution >= 0.6 is 11.5 Å². The van der Waals surface area contributed by atoms with Crippen molar-refractivity contribution in [3.8, 4) is 0 Å². The minimum absolute atomic E-state index is 0.0382. The molecular weight excluding hydrogens is 328 g/mol. The van der Waals surface area contributed by atoms with Crippen LogP contribution in [0.5, 0.6) is 0 Å². The van der Waals surface area contributed by atoms with Gasteiger partial charge in [-0.2, -0.15) is 4.37 Å². The van der Waals surface area contributed by atoms with E-state index in [1.165, 1.54) is 15.6 Å². The van der Waals surface area contributed by atoms with E-state index in [1.807, 2.05) is 0 Å². The Hall–Kier alpha value is -1.96. The number of carbonyl (C=O) groups excluding carboxylic acids is 1. The van der Waals surface area contributed by atoms with Crippen LogP contribution in [0, 0.1) is 0 Å². The Morgan fingerprint density at radius 1 is 1.21 bits per heavy atom. The molecule has 0 atom stereocenters. The van der Waals surface area contributed by atoms with Crippen LogP contribution in [0.15, 0.2) is 15.0 Å². The molecule has 2 fully saturated rings. The van der Waals surface area contributed by atoms with E-state index in [2.05, 4.69) is 9.69 Å². The number of nitrogens with zero attached hydrogens (tertiary/aromatic N) is 3. The molecular formula is C16H20N4O3S. The number of amides is 1. The molecule has 2 heterocycles. The summed E-state index contributed by atoms with van der Waals surface area (Å²) in [6, 6.07) is 0.163. The number of nitrogens with one attached hydrogen (secondary N) is 1. The molecule has 2 aromatic heterocycles. The molecule has 7 nitrogen and oxygen atoms in total. The second kappa shape index (κ2) is 6.16. The lowest BCUT2D eigenvalue weighted by Crippen LogP contribution is -2.44. The van der Waals surface area contributed by atoms with E-state index in [4.69, 9.17) is 0 Å². The molecule has 2 aromatic rings. The first-order chi connectivity index (χ1) is 11.6. The molecule has 0 bridgehead atoms. The fourth-order valence-corrected chi connectivity index (χ4v) is 4.15. The van der Waals surface area contributed by atoms with Crippen molar-refractivity contribution in [2.75, 3.05) is 0 Å². The summed E-state index contributed by atoms with van der Waals surface area (Å²) in [5, 5.41) is 4.70. The van der Waals surface area contributed by atoms with Crippen molar-refractivity contribution in [3.05, 3.63) is 26.2 Å². The third-order valence-corrected chi connectivity index (χ3v) is 5.50. The molecule has 24 heavy (non-hydrogen) atoms. The molecule has 0 saturated heterocycles. The highest BCUT2D eigenvalue weighted by molar-refractivity contribution is 7.04. The van der Waals surface area contributed by atoms with Crippen LogP contribution < -0.4 is 16.6 Å². The minimum Gasteiger partial charge on any atom is -0.352 e. The van der Waals surface area contributed by atoms with E-state index in [0.29, 0.717) is 5.52 Å². The monoisotopic (exact) mass is 348 g/mol. The zero-order valence-electron chi connectivity index (χ0n) is 13.4. The topological polar surface area (TPSA) is 86.0 Å². The van der Waals surface area contributed by atoms with Crippen molar-refractivity contribution >= 4 is 28.5 Å². The van der Waals surface area contributed by atoms with Crippen LogP contribution in [0.25, 0.3) is 11.0 Å². The van der Waals surface area contributed by atoms with Crippen molar-refractivity contribution < 1.29 is 4.79 Å². The molecule has 128 valence electrons. The number of rotatable bonds is 4. The summed E-state index contributed by atoms with van der Waals surface area (Å²) >= 11 is 1.14. The summed E-state index contributed by atoms with van der Waals surface area (Å²) in [7, 11) is 0. The normalized spacial score (nSPS) is 18.8. The number of fused-ring (bicyclic) bond motifs is 1. The van der Waals surface area contributed by atoms with Gasteiger partial charge in [-0.05, 0) is 37.2 Å². The zero-order chi connectivity index (χ0) is 16.7. The van der Waals surface area contributed by atoms with Crippen LogP contribution in [0.3, 0.4) is 0 Å². The maximum Gasteiger partial charge on any atom is 0.332 e. The fraction of sp³-hybridized carbons (Fsp3) is 0.625. The number of hydrogen-bond donors (Lipinski definition) is 1. The van der Waals surface area contributed by atoms with Gasteiger partial charge in [0.15, 0.2) is 5.52 Å². The summed E-state index contributed by atoms with van der Waals surface area (Å²) < 4.78 is 6.80. The molecule has 0 unspecified atom stereocenters. The Morgan fingerprint density at radius 3 is 2.67 bits per heavy atom. The maximum atomic E-state index is 12.7. The van der Waals surface area contributed by atoms with E-state index in [9.17, 15) is 14.4 Å². The maximum absolute atomic E-state index is 12.7. The van der Waals surface area contributed by atoms with Gasteiger partial charge in [0.25, 0.3) is 5.56 Å². The predicted molar refractivity (Wildman–Crippen MR) is 91.4 cm³/mol. The molecule has 1 amide bonds. The van der Waals surface area contributed by atoms with Gasteiger partial charge >= 0.3 is 5.69 Å². The van der Waals surface area contributed by atoms with Gasteiger partial charge in [0.2, 0.25) is 5.91 Å². The molecule has 2 aliphatic rings. The molecule has 0 aromatic carbocycles. The zero-order valence-corrected chi connectivity index (χ0v) is 14.2. The quantitative estimate of drug-likeness (QED) is 0.905. The summed E-state index contributed by atoms with van der Waals surface area (Å²) in [5.41, 5.74) is 0.0272. The van der Waals surface area contributed by atoms with Gasteiger partial charge in [-0.3, -0.25) is 18.7 Å². The average Bonchev–Trinajstić information content (AvgIpc) is 3.27. The molecule has 4 rings (SSSR count). The van der Waals surface area contributed by atoms with Crippen molar-refractivity contribution in [2.24, 2.45) is 0 Å². The predicted octanol–water partition coefficient (Wildman–Crippen LogP) is 1.40. The van der Waals surface area contributed by atoms with Gasteiger partial charge in [-0.25, -0.2) is 4.79 Å². The molecule has 8 heteroatoms. The van der Waals surface area contributed by atoms with Gasteiger partial charge in [0.1, 0.15) is 6.54 Å². The molecule has 1 N–H and O–H groups in total. The Bertz CT molecular complexity index is 887.